The third-order valence-corrected chi connectivity index (χ3v) is 1.45. The Bertz CT molecular complexity index is 192. The molecule has 2 nitrogen and oxygen atoms in total. The van der Waals surface area contributed by atoms with Crippen LogP contribution >= 0.6 is 0 Å². The molecule has 12 heavy (non-hydrogen) atoms. The maximum atomic E-state index is 4.95. The van der Waals surface area contributed by atoms with Crippen molar-refractivity contribution in [2.45, 2.75) is 20.3 Å². The third-order valence-electron chi connectivity index (χ3n) is 1.45. The van der Waals surface area contributed by atoms with E-state index in [2.05, 4.69) is 18.5 Å². The van der Waals surface area contributed by atoms with Crippen molar-refractivity contribution in [3.63, 3.8) is 0 Å². The minimum absolute atomic E-state index is 0.768. The van der Waals surface area contributed by atoms with Gasteiger partial charge in [-0.15, -0.1) is 0 Å². The molecule has 0 aromatic heterocycles. The van der Waals surface area contributed by atoms with Crippen LogP contribution < -0.4 is 0 Å². The number of methoxy groups -OCH3 is 1. The first-order valence-electron chi connectivity index (χ1n) is 4.02. The summed E-state index contributed by atoms with van der Waals surface area (Å²) < 4.78 is 4.95. The molecular formula is C10H17NO. The average Bonchev–Trinajstić information content (AvgIpc) is 2.01. The number of ether oxygens (including phenoxy) is 1. The number of nitrogens with zero attached hydrogens (tertiary/aromatic N) is 1. The summed E-state index contributed by atoms with van der Waals surface area (Å²) in [6.07, 6.45) is 4.55. The monoisotopic (exact) mass is 167 g/mol. The Hall–Kier alpha value is -0.890. The number of rotatable bonds is 5. The van der Waals surface area contributed by atoms with Crippen LogP contribution in [0.25, 0.3) is 0 Å². The van der Waals surface area contributed by atoms with Crippen molar-refractivity contribution in [2.75, 3.05) is 13.7 Å². The largest absolute Gasteiger partial charge is 0.384 e. The number of hydrogen-bond acceptors (Lipinski definition) is 2. The van der Waals surface area contributed by atoms with Crippen LogP contribution in [0, 0.1) is 0 Å². The van der Waals surface area contributed by atoms with E-state index in [4.69, 9.17) is 4.74 Å². The molecule has 68 valence electrons. The van der Waals surface area contributed by atoms with Crippen LogP contribution in [0.1, 0.15) is 20.3 Å². The van der Waals surface area contributed by atoms with Gasteiger partial charge in [0.25, 0.3) is 0 Å². The van der Waals surface area contributed by atoms with E-state index in [1.165, 1.54) is 5.57 Å². The van der Waals surface area contributed by atoms with E-state index < -0.39 is 0 Å². The lowest BCUT2D eigenvalue weighted by Gasteiger charge is -1.99. The molecule has 0 bridgehead atoms. The van der Waals surface area contributed by atoms with Gasteiger partial charge in [0.1, 0.15) is 0 Å². The van der Waals surface area contributed by atoms with Crippen LogP contribution in [0.5, 0.6) is 0 Å². The van der Waals surface area contributed by atoms with Gasteiger partial charge in [-0.05, 0) is 26.3 Å². The molecule has 0 unspecified atom stereocenters. The fourth-order valence-electron chi connectivity index (χ4n) is 0.873. The van der Waals surface area contributed by atoms with Gasteiger partial charge in [0.05, 0.1) is 0 Å². The van der Waals surface area contributed by atoms with Crippen LogP contribution in [-0.4, -0.2) is 19.4 Å². The maximum absolute atomic E-state index is 4.95. The van der Waals surface area contributed by atoms with Crippen LogP contribution in [-0.2, 0) is 4.74 Å². The van der Waals surface area contributed by atoms with E-state index in [1.807, 2.05) is 13.0 Å². The van der Waals surface area contributed by atoms with Crippen LogP contribution in [0.15, 0.2) is 29.4 Å². The molecule has 2 heteroatoms. The molecule has 0 heterocycles. The first-order chi connectivity index (χ1) is 5.70. The topological polar surface area (TPSA) is 21.6 Å². The molecular weight excluding hydrogens is 150 g/mol. The normalized spacial score (nSPS) is 13.2. The Morgan fingerprint density at radius 1 is 1.50 bits per heavy atom. The van der Waals surface area contributed by atoms with E-state index in [9.17, 15) is 0 Å². The second-order valence-corrected chi connectivity index (χ2v) is 2.69. The fourth-order valence-corrected chi connectivity index (χ4v) is 0.873. The molecule has 0 rings (SSSR count). The lowest BCUT2D eigenvalue weighted by molar-refractivity contribution is 0.202. The molecule has 0 spiro atoms. The van der Waals surface area contributed by atoms with E-state index in [1.54, 1.807) is 13.3 Å². The standard InChI is InChI=1S/C10H17NO/c1-5-11-10(3)8-9(2)6-7-12-4/h5,8H,1,6-7H2,2-4H3/b9-8+,11-10?. The molecule has 0 aliphatic carbocycles. The van der Waals surface area contributed by atoms with Gasteiger partial charge >= 0.3 is 0 Å². The van der Waals surface area contributed by atoms with Crippen molar-refractivity contribution >= 4 is 5.71 Å². The summed E-state index contributed by atoms with van der Waals surface area (Å²) in [6, 6.07) is 0. The quantitative estimate of drug-likeness (QED) is 0.577. The molecule has 0 fully saturated rings. The van der Waals surface area contributed by atoms with Crippen molar-refractivity contribution < 1.29 is 4.74 Å². The minimum atomic E-state index is 0.768. The molecule has 0 amide bonds. The molecule has 0 radical (unpaired) electrons. The van der Waals surface area contributed by atoms with E-state index in [0.29, 0.717) is 0 Å². The fraction of sp³-hybridized carbons (Fsp3) is 0.500. The van der Waals surface area contributed by atoms with Gasteiger partial charge in [-0.2, -0.15) is 0 Å². The van der Waals surface area contributed by atoms with Gasteiger partial charge in [-0.1, -0.05) is 12.2 Å². The second-order valence-electron chi connectivity index (χ2n) is 2.69. The summed E-state index contributed by atoms with van der Waals surface area (Å²) in [6.45, 7) is 8.32. The molecule has 0 saturated heterocycles. The van der Waals surface area contributed by atoms with E-state index >= 15 is 0 Å². The van der Waals surface area contributed by atoms with Gasteiger partial charge in [0, 0.05) is 25.6 Å². The predicted octanol–water partition coefficient (Wildman–Crippen LogP) is 2.57. The summed E-state index contributed by atoms with van der Waals surface area (Å²) in [7, 11) is 1.71. The van der Waals surface area contributed by atoms with Crippen molar-refractivity contribution in [1.82, 2.24) is 0 Å². The highest BCUT2D eigenvalue weighted by atomic mass is 16.5. The van der Waals surface area contributed by atoms with Crippen LogP contribution in [0.2, 0.25) is 0 Å². The average molecular weight is 167 g/mol. The Morgan fingerprint density at radius 3 is 2.67 bits per heavy atom. The zero-order chi connectivity index (χ0) is 9.40. The van der Waals surface area contributed by atoms with Gasteiger partial charge in [0.2, 0.25) is 0 Å². The van der Waals surface area contributed by atoms with Gasteiger partial charge in [-0.25, -0.2) is 0 Å². The maximum Gasteiger partial charge on any atom is 0.0499 e. The second kappa shape index (κ2) is 6.80. The molecule has 0 saturated carbocycles. The lowest BCUT2D eigenvalue weighted by Crippen LogP contribution is -1.92. The summed E-state index contributed by atoms with van der Waals surface area (Å²) in [4.78, 5) is 4.04. The van der Waals surface area contributed by atoms with Gasteiger partial charge in [-0.3, -0.25) is 4.99 Å². The molecule has 0 aliphatic heterocycles. The minimum Gasteiger partial charge on any atom is -0.384 e. The Labute approximate surface area is 74.7 Å². The van der Waals surface area contributed by atoms with Crippen molar-refractivity contribution in [1.29, 1.82) is 0 Å². The Morgan fingerprint density at radius 2 is 2.17 bits per heavy atom. The summed E-state index contributed by atoms with van der Waals surface area (Å²) >= 11 is 0. The van der Waals surface area contributed by atoms with E-state index in [-0.39, 0.29) is 0 Å². The highest BCUT2D eigenvalue weighted by Crippen LogP contribution is 2.00. The van der Waals surface area contributed by atoms with Gasteiger partial charge < -0.3 is 4.74 Å². The highest BCUT2D eigenvalue weighted by molar-refractivity contribution is 5.93. The molecule has 0 N–H and O–H groups in total. The lowest BCUT2D eigenvalue weighted by atomic mass is 10.2. The number of hydrogen-bond donors (Lipinski definition) is 0. The SMILES string of the molecule is C=CN=C(C)/C=C(\C)CCOC. The van der Waals surface area contributed by atoms with Crippen LogP contribution in [0.3, 0.4) is 0 Å². The molecule has 0 aromatic rings. The summed E-state index contributed by atoms with van der Waals surface area (Å²) in [5, 5.41) is 0. The Balaban J connectivity index is 3.97. The van der Waals surface area contributed by atoms with Crippen molar-refractivity contribution in [3.05, 3.63) is 24.4 Å². The summed E-state index contributed by atoms with van der Waals surface area (Å²) in [5.74, 6) is 0. The van der Waals surface area contributed by atoms with Gasteiger partial charge in [0.15, 0.2) is 0 Å². The first-order valence-corrected chi connectivity index (χ1v) is 4.02. The summed E-state index contributed by atoms with van der Waals surface area (Å²) in [5.41, 5.74) is 2.26. The predicted molar refractivity (Wildman–Crippen MR) is 53.6 cm³/mol. The molecule has 0 aromatic carbocycles. The number of allylic oxidation sites excluding steroid dienone is 1. The molecule has 0 aliphatic rings. The zero-order valence-corrected chi connectivity index (χ0v) is 8.13. The first kappa shape index (κ1) is 11.1. The third kappa shape index (κ3) is 5.86. The van der Waals surface area contributed by atoms with Crippen molar-refractivity contribution in [2.24, 2.45) is 4.99 Å². The van der Waals surface area contributed by atoms with E-state index in [0.717, 1.165) is 18.7 Å². The molecule has 0 atom stereocenters. The Kier molecular flexibility index (Phi) is 6.29. The van der Waals surface area contributed by atoms with Crippen LogP contribution in [0.4, 0.5) is 0 Å². The van der Waals surface area contributed by atoms with Crippen molar-refractivity contribution in [3.8, 4) is 0 Å². The zero-order valence-electron chi connectivity index (χ0n) is 8.13. The highest BCUT2D eigenvalue weighted by Gasteiger charge is 1.90. The smallest absolute Gasteiger partial charge is 0.0499 e. The number of aliphatic imine (C=N–C) groups is 1.